The van der Waals surface area contributed by atoms with Crippen molar-refractivity contribution in [3.8, 4) is 11.5 Å². The third-order valence-electron chi connectivity index (χ3n) is 2.64. The molecule has 1 aromatic carbocycles. The van der Waals surface area contributed by atoms with Crippen molar-refractivity contribution in [2.75, 3.05) is 6.61 Å². The minimum absolute atomic E-state index is 0.129. The number of hydrogen-bond acceptors (Lipinski definition) is 4. The molecule has 20 heavy (non-hydrogen) atoms. The number of carboxylic acids is 1. The number of ether oxygens (including phenoxy) is 2. The SMILES string of the molecule is CCCC(Oc1c(Br)cc(CO)cc1OCC)C(=O)O. The predicted molar refractivity (Wildman–Crippen MR) is 78.2 cm³/mol. The Morgan fingerprint density at radius 2 is 2.10 bits per heavy atom. The second-order valence-corrected chi connectivity index (χ2v) is 5.08. The third kappa shape index (κ3) is 4.38. The third-order valence-corrected chi connectivity index (χ3v) is 3.23. The molecule has 5 nitrogen and oxygen atoms in total. The van der Waals surface area contributed by atoms with E-state index in [1.165, 1.54) is 0 Å². The van der Waals surface area contributed by atoms with Crippen LogP contribution in [0.5, 0.6) is 11.5 Å². The second-order valence-electron chi connectivity index (χ2n) is 4.23. The first-order valence-corrected chi connectivity index (χ1v) is 7.28. The van der Waals surface area contributed by atoms with Gasteiger partial charge >= 0.3 is 5.97 Å². The van der Waals surface area contributed by atoms with Gasteiger partial charge in [0.2, 0.25) is 0 Å². The predicted octanol–water partition coefficient (Wildman–Crippen LogP) is 2.97. The maximum absolute atomic E-state index is 11.2. The molecule has 0 fully saturated rings. The van der Waals surface area contributed by atoms with Gasteiger partial charge in [0.05, 0.1) is 17.7 Å². The molecule has 0 saturated heterocycles. The van der Waals surface area contributed by atoms with Crippen LogP contribution in [0.25, 0.3) is 0 Å². The van der Waals surface area contributed by atoms with Gasteiger partial charge in [0.25, 0.3) is 0 Å². The molecule has 1 unspecified atom stereocenters. The lowest BCUT2D eigenvalue weighted by molar-refractivity contribution is -0.145. The zero-order chi connectivity index (χ0) is 15.1. The molecule has 1 atom stereocenters. The summed E-state index contributed by atoms with van der Waals surface area (Å²) in [5, 5.41) is 18.3. The Morgan fingerprint density at radius 3 is 2.60 bits per heavy atom. The average molecular weight is 347 g/mol. The fourth-order valence-corrected chi connectivity index (χ4v) is 2.31. The summed E-state index contributed by atoms with van der Waals surface area (Å²) in [5.74, 6) is -0.231. The van der Waals surface area contributed by atoms with Crippen molar-refractivity contribution in [3.05, 3.63) is 22.2 Å². The number of carboxylic acid groups (broad SMARTS) is 1. The molecule has 0 radical (unpaired) electrons. The normalized spacial score (nSPS) is 12.0. The molecule has 0 heterocycles. The Balaban J connectivity index is 3.10. The van der Waals surface area contributed by atoms with Crippen LogP contribution >= 0.6 is 15.9 Å². The summed E-state index contributed by atoms with van der Waals surface area (Å²) in [7, 11) is 0. The first-order chi connectivity index (χ1) is 9.53. The van der Waals surface area contributed by atoms with Gasteiger partial charge in [0, 0.05) is 0 Å². The van der Waals surface area contributed by atoms with Crippen molar-refractivity contribution in [2.24, 2.45) is 0 Å². The molecule has 0 amide bonds. The Bertz CT molecular complexity index is 461. The van der Waals surface area contributed by atoms with Gasteiger partial charge in [-0.25, -0.2) is 4.79 Å². The lowest BCUT2D eigenvalue weighted by Gasteiger charge is -2.19. The standard InChI is InChI=1S/C14H19BrO5/c1-3-5-11(14(17)18)20-13-10(15)6-9(8-16)7-12(13)19-4-2/h6-7,11,16H,3-5,8H2,1-2H3,(H,17,18). The van der Waals surface area contributed by atoms with Crippen LogP contribution in [0, 0.1) is 0 Å². The summed E-state index contributed by atoms with van der Waals surface area (Å²) in [6, 6.07) is 3.33. The highest BCUT2D eigenvalue weighted by Gasteiger charge is 2.22. The van der Waals surface area contributed by atoms with Crippen LogP contribution < -0.4 is 9.47 Å². The summed E-state index contributed by atoms with van der Waals surface area (Å²) in [5.41, 5.74) is 0.662. The number of carbonyl (C=O) groups is 1. The van der Waals surface area contributed by atoms with E-state index in [1.54, 1.807) is 12.1 Å². The zero-order valence-corrected chi connectivity index (χ0v) is 13.1. The fraction of sp³-hybridized carbons (Fsp3) is 0.500. The lowest BCUT2D eigenvalue weighted by Crippen LogP contribution is -2.27. The quantitative estimate of drug-likeness (QED) is 0.756. The minimum Gasteiger partial charge on any atom is -0.490 e. The maximum Gasteiger partial charge on any atom is 0.344 e. The number of benzene rings is 1. The van der Waals surface area contributed by atoms with E-state index in [0.717, 1.165) is 0 Å². The monoisotopic (exact) mass is 346 g/mol. The first-order valence-electron chi connectivity index (χ1n) is 6.48. The lowest BCUT2D eigenvalue weighted by atomic mass is 10.2. The number of aliphatic carboxylic acids is 1. The van der Waals surface area contributed by atoms with E-state index in [2.05, 4.69) is 15.9 Å². The van der Waals surface area contributed by atoms with Crippen LogP contribution in [0.1, 0.15) is 32.3 Å². The highest BCUT2D eigenvalue weighted by Crippen LogP contribution is 2.38. The molecule has 0 aliphatic carbocycles. The molecule has 6 heteroatoms. The number of aliphatic hydroxyl groups is 1. The molecule has 1 rings (SSSR count). The maximum atomic E-state index is 11.2. The van der Waals surface area contributed by atoms with Crippen LogP contribution in [-0.4, -0.2) is 28.9 Å². The molecule has 0 spiro atoms. The highest BCUT2D eigenvalue weighted by atomic mass is 79.9. The Hall–Kier alpha value is -1.27. The van der Waals surface area contributed by atoms with E-state index >= 15 is 0 Å². The highest BCUT2D eigenvalue weighted by molar-refractivity contribution is 9.10. The van der Waals surface area contributed by atoms with Gasteiger partial charge in [0.1, 0.15) is 0 Å². The zero-order valence-electron chi connectivity index (χ0n) is 11.6. The molecule has 0 aromatic heterocycles. The summed E-state index contributed by atoms with van der Waals surface area (Å²) >= 11 is 3.33. The van der Waals surface area contributed by atoms with Gasteiger partial charge in [-0.1, -0.05) is 13.3 Å². The van der Waals surface area contributed by atoms with Crippen molar-refractivity contribution < 1.29 is 24.5 Å². The summed E-state index contributed by atoms with van der Waals surface area (Å²) < 4.78 is 11.6. The van der Waals surface area contributed by atoms with Crippen LogP contribution in [0.15, 0.2) is 16.6 Å². The van der Waals surface area contributed by atoms with Gasteiger partial charge in [0.15, 0.2) is 17.6 Å². The second kappa shape index (κ2) is 8.11. The van der Waals surface area contributed by atoms with E-state index < -0.39 is 12.1 Å². The van der Waals surface area contributed by atoms with Gasteiger partial charge < -0.3 is 19.7 Å². The average Bonchev–Trinajstić information content (AvgIpc) is 2.41. The summed E-state index contributed by atoms with van der Waals surface area (Å²) in [6.45, 7) is 4.01. The van der Waals surface area contributed by atoms with E-state index in [4.69, 9.17) is 14.6 Å². The Morgan fingerprint density at radius 1 is 1.40 bits per heavy atom. The molecule has 0 aliphatic heterocycles. The summed E-state index contributed by atoms with van der Waals surface area (Å²) in [6.07, 6.45) is 0.193. The Kier molecular flexibility index (Phi) is 6.81. The molecule has 1 aromatic rings. The minimum atomic E-state index is -1.01. The van der Waals surface area contributed by atoms with Crippen molar-refractivity contribution in [1.29, 1.82) is 0 Å². The molecular weight excluding hydrogens is 328 g/mol. The van der Waals surface area contributed by atoms with Crippen molar-refractivity contribution in [1.82, 2.24) is 0 Å². The van der Waals surface area contributed by atoms with Crippen molar-refractivity contribution >= 4 is 21.9 Å². The molecule has 0 aliphatic rings. The smallest absolute Gasteiger partial charge is 0.344 e. The van der Waals surface area contributed by atoms with Crippen LogP contribution in [0.4, 0.5) is 0 Å². The van der Waals surface area contributed by atoms with Crippen LogP contribution in [-0.2, 0) is 11.4 Å². The molecule has 0 bridgehead atoms. The van der Waals surface area contributed by atoms with E-state index in [-0.39, 0.29) is 6.61 Å². The molecule has 2 N–H and O–H groups in total. The van der Waals surface area contributed by atoms with E-state index in [9.17, 15) is 9.90 Å². The topological polar surface area (TPSA) is 76.0 Å². The van der Waals surface area contributed by atoms with E-state index in [1.807, 2.05) is 13.8 Å². The van der Waals surface area contributed by atoms with Crippen molar-refractivity contribution in [3.63, 3.8) is 0 Å². The largest absolute Gasteiger partial charge is 0.490 e. The first kappa shape index (κ1) is 16.8. The Labute approximate surface area is 126 Å². The number of hydrogen-bond donors (Lipinski definition) is 2. The van der Waals surface area contributed by atoms with Gasteiger partial charge in [-0.2, -0.15) is 0 Å². The fourth-order valence-electron chi connectivity index (χ4n) is 1.73. The number of halogens is 1. The molecule has 0 saturated carbocycles. The molecule has 112 valence electrons. The van der Waals surface area contributed by atoms with Gasteiger partial charge in [-0.3, -0.25) is 0 Å². The van der Waals surface area contributed by atoms with E-state index in [0.29, 0.717) is 41.0 Å². The van der Waals surface area contributed by atoms with Crippen LogP contribution in [0.2, 0.25) is 0 Å². The number of rotatable bonds is 8. The van der Waals surface area contributed by atoms with Crippen molar-refractivity contribution in [2.45, 2.75) is 39.4 Å². The van der Waals surface area contributed by atoms with Crippen LogP contribution in [0.3, 0.4) is 0 Å². The number of aliphatic hydroxyl groups excluding tert-OH is 1. The molecular formula is C14H19BrO5. The van der Waals surface area contributed by atoms with Gasteiger partial charge in [-0.05, 0) is 47.0 Å². The summed E-state index contributed by atoms with van der Waals surface area (Å²) in [4.78, 5) is 11.2. The van der Waals surface area contributed by atoms with Gasteiger partial charge in [-0.15, -0.1) is 0 Å².